The molecule has 0 aromatic carbocycles. The number of aromatic amines is 4. The summed E-state index contributed by atoms with van der Waals surface area (Å²) in [6.45, 7) is 24.7. The molecule has 0 saturated carbocycles. The Labute approximate surface area is 627 Å². The molecule has 6 aromatic heterocycles. The molecule has 9 N–H and O–H groups in total. The second-order valence-corrected chi connectivity index (χ2v) is 24.9. The van der Waals surface area contributed by atoms with Crippen molar-refractivity contribution in [1.82, 2.24) is 48.7 Å². The molecule has 0 aliphatic carbocycles. The number of pyridine rings is 6. The molecule has 0 amide bonds. The Kier molecular flexibility index (Phi) is 40.2. The highest BCUT2D eigenvalue weighted by molar-refractivity contribution is 5.39. The summed E-state index contributed by atoms with van der Waals surface area (Å²) in [6, 6.07) is 4.01. The van der Waals surface area contributed by atoms with Crippen LogP contribution < -0.4 is 44.8 Å². The number of aromatic nitrogens is 6. The molecule has 4 aliphatic rings. The van der Waals surface area contributed by atoms with Crippen molar-refractivity contribution in [2.24, 2.45) is 0 Å². The highest BCUT2D eigenvalue weighted by Gasteiger charge is 2.36. The summed E-state index contributed by atoms with van der Waals surface area (Å²) in [5.74, 6) is 0. The molecule has 4 aliphatic heterocycles. The maximum atomic E-state index is 12.8. The van der Waals surface area contributed by atoms with Crippen molar-refractivity contribution >= 4 is 17.1 Å². The molecule has 26 nitrogen and oxygen atoms in total. The fourth-order valence-electron chi connectivity index (χ4n) is 9.95. The van der Waals surface area contributed by atoms with E-state index >= 15 is 0 Å². The van der Waals surface area contributed by atoms with Gasteiger partial charge in [0.1, 0.15) is 0 Å². The van der Waals surface area contributed by atoms with Crippen LogP contribution in [-0.2, 0) is 69.1 Å². The molecule has 4 saturated heterocycles. The molecular formula is C68H89F18N13O13. The van der Waals surface area contributed by atoms with Crippen LogP contribution in [0.3, 0.4) is 0 Å². The minimum absolute atomic E-state index is 0.0600. The zero-order chi connectivity index (χ0) is 84.4. The van der Waals surface area contributed by atoms with Gasteiger partial charge in [-0.15, -0.1) is 0 Å². The number of rotatable bonds is 15. The fraction of sp³-hybridized carbons (Fsp3) is 0.559. The lowest BCUT2D eigenvalue weighted by Gasteiger charge is -2.26. The number of alkyl halides is 18. The molecular weight excluding hydrogens is 1550 g/mol. The first-order chi connectivity index (χ1) is 52.2. The predicted molar refractivity (Wildman–Crippen MR) is 374 cm³/mol. The van der Waals surface area contributed by atoms with Gasteiger partial charge in [0.25, 0.3) is 27.8 Å². The van der Waals surface area contributed by atoms with Crippen LogP contribution in [0.2, 0.25) is 0 Å². The summed E-state index contributed by atoms with van der Waals surface area (Å²) in [6.07, 6.45) is -18.1. The molecule has 630 valence electrons. The van der Waals surface area contributed by atoms with Crippen LogP contribution >= 0.6 is 0 Å². The van der Waals surface area contributed by atoms with Crippen LogP contribution in [0.15, 0.2) is 102 Å². The van der Waals surface area contributed by atoms with Crippen molar-refractivity contribution < 1.29 is 108 Å². The van der Waals surface area contributed by atoms with Gasteiger partial charge < -0.3 is 64.6 Å². The van der Waals surface area contributed by atoms with Gasteiger partial charge in [-0.05, 0) is 83.3 Å². The second kappa shape index (κ2) is 46.3. The van der Waals surface area contributed by atoms with Crippen LogP contribution in [0.1, 0.15) is 89.1 Å². The molecule has 112 heavy (non-hydrogen) atoms. The molecule has 0 unspecified atom stereocenters. The predicted octanol–water partition coefficient (Wildman–Crippen LogP) is 9.57. The Bertz CT molecular complexity index is 3910. The van der Waals surface area contributed by atoms with E-state index in [1.165, 1.54) is 44.7 Å². The highest BCUT2D eigenvalue weighted by Crippen LogP contribution is 2.33. The molecule has 10 heterocycles. The zero-order valence-corrected chi connectivity index (χ0v) is 61.2. The van der Waals surface area contributed by atoms with Gasteiger partial charge >= 0.3 is 48.3 Å². The number of aliphatic hydroxyl groups is 1. The number of nitro groups is 1. The van der Waals surface area contributed by atoms with E-state index in [0.717, 1.165) is 133 Å². The lowest BCUT2D eigenvalue weighted by molar-refractivity contribution is -0.386. The number of nitrogens with zero attached hydrogens (tertiary/aromatic N) is 7. The topological polar surface area (TPSA) is 341 Å². The number of nitrogens with one attached hydrogen (secondary N) is 4. The quantitative estimate of drug-likeness (QED) is 0.0286. The van der Waals surface area contributed by atoms with Crippen molar-refractivity contribution in [2.45, 2.75) is 110 Å². The summed E-state index contributed by atoms with van der Waals surface area (Å²) in [5, 5.41) is 18.7. The van der Waals surface area contributed by atoms with Crippen LogP contribution in [-0.4, -0.2) is 197 Å². The van der Waals surface area contributed by atoms with E-state index in [4.69, 9.17) is 35.5 Å². The highest BCUT2D eigenvalue weighted by atomic mass is 19.4. The number of unbranched alkanes of at least 4 members (excludes halogenated alkanes) is 1. The SMILES string of the molecule is CCCCN1CCOCC1.Cc1cc(C(F)(F)F)c[nH]c1=O.Cc1cc(C(F)(F)F)c[nH]c1=O.Cc1cc(C(F)(F)F)cn(CCCN2CCOCC2)c1=O.Nc1cc(C(F)(F)F)c[nH]c1=O.Nc1cc(C(F)(F)F)cn(CCCN2CCOCC2)c1=O.O=c1[nH]cc(C(F)(F)F)cc1[N+](=O)[O-].OCCCN1CCOCC1. The second-order valence-electron chi connectivity index (χ2n) is 24.9. The van der Waals surface area contributed by atoms with E-state index in [2.05, 4.69) is 26.5 Å². The number of nitrogens with two attached hydrogens (primary N) is 2. The zero-order valence-electron chi connectivity index (χ0n) is 61.2. The Morgan fingerprint density at radius 2 is 0.679 bits per heavy atom. The van der Waals surface area contributed by atoms with Gasteiger partial charge in [-0.1, -0.05) is 13.3 Å². The molecule has 44 heteroatoms. The van der Waals surface area contributed by atoms with E-state index in [9.17, 15) is 118 Å². The Hall–Kier alpha value is -8.92. The Morgan fingerprint density at radius 1 is 0.393 bits per heavy atom. The van der Waals surface area contributed by atoms with E-state index in [1.807, 2.05) is 15.0 Å². The smallest absolute Gasteiger partial charge is 0.396 e. The number of aryl methyl sites for hydroxylation is 5. The third kappa shape index (κ3) is 36.3. The van der Waals surface area contributed by atoms with E-state index in [-0.39, 0.29) is 40.5 Å². The number of anilines is 2. The number of halogens is 18. The van der Waals surface area contributed by atoms with Gasteiger partial charge in [0.2, 0.25) is 0 Å². The van der Waals surface area contributed by atoms with E-state index in [0.29, 0.717) is 95.9 Å². The summed E-state index contributed by atoms with van der Waals surface area (Å²) in [7, 11) is 0. The number of H-pyrrole nitrogens is 4. The van der Waals surface area contributed by atoms with Crippen molar-refractivity contribution in [3.8, 4) is 0 Å². The van der Waals surface area contributed by atoms with Crippen molar-refractivity contribution in [1.29, 1.82) is 0 Å². The monoisotopic (exact) mass is 1640 g/mol. The van der Waals surface area contributed by atoms with Crippen LogP contribution in [0, 0.1) is 30.9 Å². The molecule has 4 fully saturated rings. The minimum Gasteiger partial charge on any atom is -0.396 e. The van der Waals surface area contributed by atoms with E-state index in [1.54, 1.807) is 4.98 Å². The minimum atomic E-state index is -4.71. The molecule has 0 bridgehead atoms. The molecule has 0 atom stereocenters. The van der Waals surface area contributed by atoms with E-state index < -0.39 is 115 Å². The van der Waals surface area contributed by atoms with Crippen molar-refractivity contribution in [3.05, 3.63) is 196 Å². The van der Waals surface area contributed by atoms with Crippen LogP contribution in [0.4, 0.5) is 96.1 Å². The third-order valence-corrected chi connectivity index (χ3v) is 16.2. The maximum absolute atomic E-state index is 12.8. The van der Waals surface area contributed by atoms with Crippen molar-refractivity contribution in [3.63, 3.8) is 0 Å². The normalized spacial score (nSPS) is 15.4. The lowest BCUT2D eigenvalue weighted by atomic mass is 10.2. The average molecular weight is 1640 g/mol. The molecule has 10 rings (SSSR count). The summed E-state index contributed by atoms with van der Waals surface area (Å²) >= 11 is 0. The summed E-state index contributed by atoms with van der Waals surface area (Å²) in [4.78, 5) is 91.8. The van der Waals surface area contributed by atoms with Crippen LogP contribution in [0.5, 0.6) is 0 Å². The molecule has 6 aromatic rings. The van der Waals surface area contributed by atoms with Gasteiger partial charge in [-0.25, -0.2) is 0 Å². The van der Waals surface area contributed by atoms with Gasteiger partial charge in [0, 0.05) is 152 Å². The number of morpholine rings is 4. The number of hydrogen-bond acceptors (Lipinski definition) is 19. The van der Waals surface area contributed by atoms with Gasteiger partial charge in [-0.3, -0.25) is 58.5 Å². The maximum Gasteiger partial charge on any atom is 0.418 e. The lowest BCUT2D eigenvalue weighted by Crippen LogP contribution is -2.37. The largest absolute Gasteiger partial charge is 0.418 e. The van der Waals surface area contributed by atoms with Gasteiger partial charge in [0.05, 0.1) is 103 Å². The number of hydrogen-bond donors (Lipinski definition) is 7. The standard InChI is InChI=1S/C14H19F3N2O2.C13H18F3N3O2.C8H17NO.2C7H6F3NO.C7H15NO2.C6H3F3N2O3.C6H5F3N2O/c1-11-9-12(14(15,16)17)10-19(13(11)20)4-2-3-18-5-7-21-8-6-18;14-13(15,16)10-8-11(17)12(20)19(9-10)3-1-2-18-4-6-21-7-5-18;1-2-3-4-9-5-7-10-8-6-9;2*1-4-2-5(7(8,9)10)3-11-6(4)12;9-5-1-2-8-3-6-10-7-4-8;7-6(8,9)3-1-4(11(13)14)5(12)10-2-3;7-6(8,9)3-1-4(10)5(12)11-2-3/h9-10H,2-8H2,1H3;8-9H,1-7,17H2;2-8H2,1H3;2*2-3H,1H3,(H,11,12);9H,1-7H2;1-2H,(H,10,12);1-2H,10H2,(H,11,12). The summed E-state index contributed by atoms with van der Waals surface area (Å²) in [5.41, 5.74) is -0.725. The first-order valence-corrected chi connectivity index (χ1v) is 34.4. The third-order valence-electron chi connectivity index (χ3n) is 16.2. The summed E-state index contributed by atoms with van der Waals surface area (Å²) < 4.78 is 243. The van der Waals surface area contributed by atoms with Crippen molar-refractivity contribution in [2.75, 3.05) is 149 Å². The first kappa shape index (κ1) is 97.3. The average Bonchev–Trinajstić information content (AvgIpc) is 0.862. The number of aliphatic hydroxyl groups excluding tert-OH is 1. The Morgan fingerprint density at radius 3 is 1.00 bits per heavy atom. The fourth-order valence-corrected chi connectivity index (χ4v) is 9.95. The molecule has 0 radical (unpaired) electrons. The molecule has 0 spiro atoms. The first-order valence-electron chi connectivity index (χ1n) is 34.4. The van der Waals surface area contributed by atoms with Gasteiger partial charge in [-0.2, -0.15) is 79.0 Å². The number of nitrogen functional groups attached to an aromatic ring is 2. The Balaban J connectivity index is 0.000000337. The van der Waals surface area contributed by atoms with Gasteiger partial charge in [0.15, 0.2) is 0 Å². The van der Waals surface area contributed by atoms with Crippen LogP contribution in [0.25, 0.3) is 0 Å². The number of ether oxygens (including phenoxy) is 4.